The van der Waals surface area contributed by atoms with Crippen LogP contribution >= 0.6 is 0 Å². The summed E-state index contributed by atoms with van der Waals surface area (Å²) >= 11 is 0. The van der Waals surface area contributed by atoms with Gasteiger partial charge in [0.25, 0.3) is 11.8 Å². The highest BCUT2D eigenvalue weighted by molar-refractivity contribution is 5.95. The number of fused-ring (bicyclic) bond motifs is 1. The maximum atomic E-state index is 13.0. The van der Waals surface area contributed by atoms with Crippen molar-refractivity contribution in [3.63, 3.8) is 0 Å². The molecule has 1 heterocycles. The van der Waals surface area contributed by atoms with Gasteiger partial charge in [-0.15, -0.1) is 0 Å². The van der Waals surface area contributed by atoms with Gasteiger partial charge in [-0.1, -0.05) is 42.5 Å². The lowest BCUT2D eigenvalue weighted by molar-refractivity contribution is -0.161. The predicted molar refractivity (Wildman–Crippen MR) is 133 cm³/mol. The Bertz CT molecular complexity index is 1250. The fourth-order valence-corrected chi connectivity index (χ4v) is 4.98. The molecule has 3 aliphatic rings. The first-order valence-electron chi connectivity index (χ1n) is 12.1. The van der Waals surface area contributed by atoms with Crippen molar-refractivity contribution in [2.75, 3.05) is 33.2 Å². The number of allylic oxidation sites excluding steroid dienone is 1. The van der Waals surface area contributed by atoms with Crippen molar-refractivity contribution >= 4 is 23.6 Å². The Labute approximate surface area is 199 Å². The van der Waals surface area contributed by atoms with Crippen LogP contribution in [0.3, 0.4) is 0 Å². The van der Waals surface area contributed by atoms with Gasteiger partial charge in [0.2, 0.25) is 0 Å². The van der Waals surface area contributed by atoms with Gasteiger partial charge in [0.1, 0.15) is 5.60 Å². The van der Waals surface area contributed by atoms with Crippen LogP contribution in [0.25, 0.3) is 22.9 Å². The molecule has 2 fully saturated rings. The summed E-state index contributed by atoms with van der Waals surface area (Å²) in [5.74, 6) is -0.196. The molecule has 5 rings (SSSR count). The predicted octanol–water partition coefficient (Wildman–Crippen LogP) is 1.62. The monoisotopic (exact) mass is 457 g/mol. The molecule has 0 aromatic heterocycles. The second kappa shape index (κ2) is 9.11. The van der Waals surface area contributed by atoms with Crippen molar-refractivity contribution < 1.29 is 14.7 Å². The van der Waals surface area contributed by atoms with E-state index in [-0.39, 0.29) is 11.8 Å². The highest BCUT2D eigenvalue weighted by Crippen LogP contribution is 2.33. The smallest absolute Gasteiger partial charge is 0.254 e. The molecule has 176 valence electrons. The number of nitrogens with zero attached hydrogens (tertiary/aromatic N) is 2. The minimum Gasteiger partial charge on any atom is -0.391 e. The maximum absolute atomic E-state index is 13.0. The molecule has 6 heteroatoms. The molecule has 2 aromatic rings. The van der Waals surface area contributed by atoms with E-state index in [1.807, 2.05) is 31.3 Å². The summed E-state index contributed by atoms with van der Waals surface area (Å²) in [5, 5.41) is 16.0. The van der Waals surface area contributed by atoms with Gasteiger partial charge in [0.15, 0.2) is 0 Å². The van der Waals surface area contributed by atoms with Crippen LogP contribution in [0, 0.1) is 0 Å². The number of hydrogen-bond acceptors (Lipinski definition) is 4. The van der Waals surface area contributed by atoms with Crippen LogP contribution in [0.5, 0.6) is 0 Å². The minimum atomic E-state index is -1.17. The normalized spacial score (nSPS) is 18.9. The lowest BCUT2D eigenvalue weighted by Gasteiger charge is -2.42. The van der Waals surface area contributed by atoms with E-state index in [4.69, 9.17) is 0 Å². The number of amides is 2. The second-order valence-electron chi connectivity index (χ2n) is 9.38. The molecule has 0 radical (unpaired) electrons. The zero-order chi connectivity index (χ0) is 23.7. The molecule has 0 atom stereocenters. The molecule has 0 spiro atoms. The van der Waals surface area contributed by atoms with Crippen LogP contribution < -0.4 is 15.8 Å². The third-order valence-corrected chi connectivity index (χ3v) is 7.31. The van der Waals surface area contributed by atoms with E-state index in [1.165, 1.54) is 16.1 Å². The zero-order valence-electron chi connectivity index (χ0n) is 19.6. The molecule has 1 aliphatic heterocycles. The topological polar surface area (TPSA) is 72.9 Å². The first-order valence-corrected chi connectivity index (χ1v) is 12.1. The lowest BCUT2D eigenvalue weighted by atomic mass is 9.79. The van der Waals surface area contributed by atoms with E-state index >= 15 is 0 Å². The second-order valence-corrected chi connectivity index (χ2v) is 9.38. The van der Waals surface area contributed by atoms with Crippen molar-refractivity contribution in [2.24, 2.45) is 0 Å². The largest absolute Gasteiger partial charge is 0.391 e. The summed E-state index contributed by atoms with van der Waals surface area (Å²) in [6.45, 7) is 1.91. The Kier molecular flexibility index (Phi) is 6.00. The fourth-order valence-electron chi connectivity index (χ4n) is 4.98. The number of aliphatic hydroxyl groups is 1. The SMILES string of the molecule is CNC1=c2ccc(-c3ccc(C(=O)N4CCN(C(=O)C5(O)CCC5)CC4)cc3)cc2=CC=CC1. The Balaban J connectivity index is 1.27. The Hall–Kier alpha value is -3.38. The standard InChI is InChI=1S/C28H31N3O3/c1-29-25-6-3-2-5-23-19-22(11-12-24(23)25)20-7-9-21(10-8-20)26(32)30-15-17-31(18-16-30)27(33)28(34)13-4-14-28/h2-3,5,7-12,19,29,34H,4,6,13-18H2,1H3. The van der Waals surface area contributed by atoms with Crippen LogP contribution in [-0.4, -0.2) is 65.5 Å². The molecule has 0 unspecified atom stereocenters. The van der Waals surface area contributed by atoms with E-state index < -0.39 is 5.60 Å². The molecule has 1 saturated carbocycles. The van der Waals surface area contributed by atoms with Crippen LogP contribution in [0.2, 0.25) is 0 Å². The average molecular weight is 458 g/mol. The third-order valence-electron chi connectivity index (χ3n) is 7.31. The number of hydrogen-bond donors (Lipinski definition) is 2. The van der Waals surface area contributed by atoms with Gasteiger partial charge < -0.3 is 20.2 Å². The average Bonchev–Trinajstić information content (AvgIpc) is 3.08. The van der Waals surface area contributed by atoms with Gasteiger partial charge in [-0.25, -0.2) is 0 Å². The van der Waals surface area contributed by atoms with Crippen LogP contribution in [0.4, 0.5) is 0 Å². The van der Waals surface area contributed by atoms with Gasteiger partial charge in [-0.3, -0.25) is 9.59 Å². The number of carbonyl (C=O) groups is 2. The van der Waals surface area contributed by atoms with Crippen molar-refractivity contribution in [3.05, 3.63) is 70.6 Å². The summed E-state index contributed by atoms with van der Waals surface area (Å²) in [4.78, 5) is 29.1. The summed E-state index contributed by atoms with van der Waals surface area (Å²) in [5.41, 5.74) is 2.86. The van der Waals surface area contributed by atoms with Gasteiger partial charge in [0, 0.05) is 56.1 Å². The molecular weight excluding hydrogens is 426 g/mol. The molecule has 6 nitrogen and oxygen atoms in total. The quantitative estimate of drug-likeness (QED) is 0.732. The van der Waals surface area contributed by atoms with Gasteiger partial charge >= 0.3 is 0 Å². The maximum Gasteiger partial charge on any atom is 0.254 e. The molecule has 0 bridgehead atoms. The molecule has 2 aromatic carbocycles. The molecule has 2 amide bonds. The van der Waals surface area contributed by atoms with Gasteiger partial charge in [-0.05, 0) is 53.8 Å². The summed E-state index contributed by atoms with van der Waals surface area (Å²) in [6.07, 6.45) is 9.25. The third kappa shape index (κ3) is 4.14. The van der Waals surface area contributed by atoms with Gasteiger partial charge in [-0.2, -0.15) is 0 Å². The van der Waals surface area contributed by atoms with Gasteiger partial charge in [0.05, 0.1) is 0 Å². The number of piperazine rings is 1. The number of benzene rings is 2. The van der Waals surface area contributed by atoms with Crippen LogP contribution in [0.1, 0.15) is 36.0 Å². The van der Waals surface area contributed by atoms with E-state index in [1.54, 1.807) is 9.80 Å². The number of carbonyl (C=O) groups excluding carboxylic acids is 2. The van der Waals surface area contributed by atoms with Crippen LogP contribution in [0.15, 0.2) is 54.6 Å². The minimum absolute atomic E-state index is 0.0188. The first-order chi connectivity index (χ1) is 16.5. The molecule has 2 aliphatic carbocycles. The van der Waals surface area contributed by atoms with E-state index in [2.05, 4.69) is 41.7 Å². The first kappa shape index (κ1) is 22.4. The molecule has 34 heavy (non-hydrogen) atoms. The molecular formula is C28H31N3O3. The Morgan fingerprint density at radius 1 is 0.941 bits per heavy atom. The zero-order valence-corrected chi connectivity index (χ0v) is 19.6. The fraction of sp³-hybridized carbons (Fsp3) is 0.357. The summed E-state index contributed by atoms with van der Waals surface area (Å²) in [6, 6.07) is 14.2. The lowest BCUT2D eigenvalue weighted by Crippen LogP contribution is -2.58. The van der Waals surface area contributed by atoms with Crippen molar-refractivity contribution in [3.8, 4) is 11.1 Å². The molecule has 2 N–H and O–H groups in total. The number of rotatable bonds is 4. The van der Waals surface area contributed by atoms with E-state index in [0.29, 0.717) is 44.6 Å². The van der Waals surface area contributed by atoms with Crippen LogP contribution in [-0.2, 0) is 4.79 Å². The Morgan fingerprint density at radius 2 is 1.62 bits per heavy atom. The molecule has 1 saturated heterocycles. The van der Waals surface area contributed by atoms with E-state index in [0.717, 1.165) is 24.0 Å². The Morgan fingerprint density at radius 3 is 2.26 bits per heavy atom. The highest BCUT2D eigenvalue weighted by atomic mass is 16.3. The number of nitrogens with one attached hydrogen (secondary N) is 1. The highest BCUT2D eigenvalue weighted by Gasteiger charge is 2.45. The van der Waals surface area contributed by atoms with Crippen molar-refractivity contribution in [1.29, 1.82) is 0 Å². The summed E-state index contributed by atoms with van der Waals surface area (Å²) < 4.78 is 0. The summed E-state index contributed by atoms with van der Waals surface area (Å²) in [7, 11) is 1.96. The van der Waals surface area contributed by atoms with Crippen molar-refractivity contribution in [2.45, 2.75) is 31.3 Å². The van der Waals surface area contributed by atoms with E-state index in [9.17, 15) is 14.7 Å². The van der Waals surface area contributed by atoms with Crippen molar-refractivity contribution in [1.82, 2.24) is 15.1 Å².